The standard InChI is InChI=1S/C19H16F3N5O4/c20-19(21,22)11-1-4-15(23-10-11)26-5-7-27(8-6-26)17(29)16(28)24-12-2-3-13-14(9-12)31-18(30)25-13/h1-4,9-10H,5-8H2,(H,24,28)(H,25,30). The number of hydrogen-bond donors (Lipinski definition) is 2. The summed E-state index contributed by atoms with van der Waals surface area (Å²) in [5, 5.41) is 2.47. The van der Waals surface area contributed by atoms with Gasteiger partial charge in [0.25, 0.3) is 0 Å². The molecule has 3 aromatic rings. The molecule has 3 heterocycles. The molecule has 2 N–H and O–H groups in total. The molecule has 1 aliphatic rings. The van der Waals surface area contributed by atoms with Crippen LogP contribution in [0.25, 0.3) is 11.1 Å². The topological polar surface area (TPSA) is 112 Å². The Morgan fingerprint density at radius 2 is 1.84 bits per heavy atom. The number of oxazole rings is 1. The number of hydrogen-bond acceptors (Lipinski definition) is 6. The van der Waals surface area contributed by atoms with Crippen LogP contribution in [-0.2, 0) is 15.8 Å². The first-order chi connectivity index (χ1) is 14.7. The highest BCUT2D eigenvalue weighted by Gasteiger charge is 2.31. The molecule has 0 spiro atoms. The fraction of sp³-hybridized carbons (Fsp3) is 0.263. The molecule has 1 fully saturated rings. The first kappa shape index (κ1) is 20.4. The summed E-state index contributed by atoms with van der Waals surface area (Å²) in [5.41, 5.74) is 0.162. The molecule has 2 amide bonds. The van der Waals surface area contributed by atoms with Gasteiger partial charge in [0.2, 0.25) is 0 Å². The molecule has 0 atom stereocenters. The third-order valence-corrected chi connectivity index (χ3v) is 4.84. The Kier molecular flexibility index (Phi) is 5.13. The van der Waals surface area contributed by atoms with Gasteiger partial charge >= 0.3 is 23.7 Å². The van der Waals surface area contributed by atoms with Crippen LogP contribution in [0.5, 0.6) is 0 Å². The number of alkyl halides is 3. The van der Waals surface area contributed by atoms with Crippen LogP contribution in [0.1, 0.15) is 5.56 Å². The summed E-state index contributed by atoms with van der Waals surface area (Å²) in [4.78, 5) is 45.3. The van der Waals surface area contributed by atoms with Crippen molar-refractivity contribution in [2.24, 2.45) is 0 Å². The number of rotatable bonds is 2. The number of piperazine rings is 1. The van der Waals surface area contributed by atoms with Crippen molar-refractivity contribution in [2.75, 3.05) is 36.4 Å². The zero-order valence-corrected chi connectivity index (χ0v) is 15.9. The van der Waals surface area contributed by atoms with E-state index < -0.39 is 29.3 Å². The number of carbonyl (C=O) groups excluding carboxylic acids is 2. The highest BCUT2D eigenvalue weighted by Crippen LogP contribution is 2.29. The van der Waals surface area contributed by atoms with Crippen molar-refractivity contribution in [3.05, 3.63) is 52.6 Å². The Hall–Kier alpha value is -3.83. The molecule has 1 saturated heterocycles. The maximum atomic E-state index is 12.7. The number of benzene rings is 1. The van der Waals surface area contributed by atoms with Crippen molar-refractivity contribution in [3.8, 4) is 0 Å². The maximum Gasteiger partial charge on any atom is 0.417 e. The number of halogens is 3. The minimum absolute atomic E-state index is 0.209. The normalized spacial score (nSPS) is 14.7. The molecule has 31 heavy (non-hydrogen) atoms. The van der Waals surface area contributed by atoms with Gasteiger partial charge in [0.1, 0.15) is 5.82 Å². The van der Waals surface area contributed by atoms with Gasteiger partial charge in [0.05, 0.1) is 11.1 Å². The van der Waals surface area contributed by atoms with Crippen LogP contribution < -0.4 is 16.0 Å². The van der Waals surface area contributed by atoms with Crippen molar-refractivity contribution in [2.45, 2.75) is 6.18 Å². The summed E-state index contributed by atoms with van der Waals surface area (Å²) < 4.78 is 42.9. The van der Waals surface area contributed by atoms with E-state index >= 15 is 0 Å². The molecule has 1 aliphatic heterocycles. The average molecular weight is 435 g/mol. The van der Waals surface area contributed by atoms with Gasteiger partial charge in [-0.15, -0.1) is 0 Å². The lowest BCUT2D eigenvalue weighted by atomic mass is 10.2. The Balaban J connectivity index is 1.34. The Morgan fingerprint density at radius 1 is 1.10 bits per heavy atom. The highest BCUT2D eigenvalue weighted by atomic mass is 19.4. The smallest absolute Gasteiger partial charge is 0.408 e. The summed E-state index contributed by atoms with van der Waals surface area (Å²) in [7, 11) is 0. The van der Waals surface area contributed by atoms with Crippen molar-refractivity contribution >= 4 is 34.4 Å². The molecule has 0 aliphatic carbocycles. The third kappa shape index (κ3) is 4.37. The lowest BCUT2D eigenvalue weighted by molar-refractivity contribution is -0.143. The van der Waals surface area contributed by atoms with Crippen LogP contribution in [-0.4, -0.2) is 52.9 Å². The van der Waals surface area contributed by atoms with Crippen LogP contribution in [0, 0.1) is 0 Å². The molecule has 162 valence electrons. The van der Waals surface area contributed by atoms with E-state index in [1.807, 2.05) is 0 Å². The lowest BCUT2D eigenvalue weighted by Crippen LogP contribution is -2.51. The molecular formula is C19H16F3N5O4. The second-order valence-electron chi connectivity index (χ2n) is 6.86. The van der Waals surface area contributed by atoms with E-state index in [0.29, 0.717) is 30.1 Å². The van der Waals surface area contributed by atoms with Crippen molar-refractivity contribution < 1.29 is 27.2 Å². The molecule has 0 bridgehead atoms. The first-order valence-electron chi connectivity index (χ1n) is 9.22. The second-order valence-corrected chi connectivity index (χ2v) is 6.86. The van der Waals surface area contributed by atoms with Gasteiger partial charge in [-0.1, -0.05) is 0 Å². The minimum Gasteiger partial charge on any atom is -0.408 e. The van der Waals surface area contributed by atoms with Gasteiger partial charge in [0.15, 0.2) is 5.58 Å². The van der Waals surface area contributed by atoms with Crippen LogP contribution in [0.3, 0.4) is 0 Å². The van der Waals surface area contributed by atoms with E-state index in [4.69, 9.17) is 4.42 Å². The summed E-state index contributed by atoms with van der Waals surface area (Å²) >= 11 is 0. The van der Waals surface area contributed by atoms with Gasteiger partial charge < -0.3 is 19.5 Å². The summed E-state index contributed by atoms with van der Waals surface area (Å²) in [6.07, 6.45) is -3.69. The van der Waals surface area contributed by atoms with E-state index in [2.05, 4.69) is 15.3 Å². The van der Waals surface area contributed by atoms with Gasteiger partial charge in [0, 0.05) is 44.1 Å². The van der Waals surface area contributed by atoms with Crippen LogP contribution in [0.15, 0.2) is 45.7 Å². The number of carbonyl (C=O) groups is 2. The first-order valence-corrected chi connectivity index (χ1v) is 9.22. The fourth-order valence-corrected chi connectivity index (χ4v) is 3.23. The number of anilines is 2. The van der Waals surface area contributed by atoms with Crippen LogP contribution in [0.2, 0.25) is 0 Å². The number of nitrogens with one attached hydrogen (secondary N) is 2. The third-order valence-electron chi connectivity index (χ3n) is 4.84. The van der Waals surface area contributed by atoms with E-state index in [-0.39, 0.29) is 18.7 Å². The predicted molar refractivity (Wildman–Crippen MR) is 103 cm³/mol. The largest absolute Gasteiger partial charge is 0.417 e. The van der Waals surface area contributed by atoms with Crippen LogP contribution >= 0.6 is 0 Å². The molecule has 2 aromatic heterocycles. The molecule has 9 nitrogen and oxygen atoms in total. The van der Waals surface area contributed by atoms with Crippen molar-refractivity contribution in [3.63, 3.8) is 0 Å². The van der Waals surface area contributed by atoms with Crippen molar-refractivity contribution in [1.82, 2.24) is 14.9 Å². The monoisotopic (exact) mass is 435 g/mol. The minimum atomic E-state index is -4.46. The van der Waals surface area contributed by atoms with Gasteiger partial charge in [-0.05, 0) is 24.3 Å². The average Bonchev–Trinajstić information content (AvgIpc) is 3.12. The van der Waals surface area contributed by atoms with Gasteiger partial charge in [-0.2, -0.15) is 13.2 Å². The SMILES string of the molecule is O=C(Nc1ccc2[nH]c(=O)oc2c1)C(=O)N1CCN(c2ccc(C(F)(F)F)cn2)CC1. The quantitative estimate of drug-likeness (QED) is 0.594. The molecule has 0 saturated carbocycles. The van der Waals surface area contributed by atoms with E-state index in [1.165, 1.54) is 29.2 Å². The second kappa shape index (κ2) is 7.78. The Bertz CT molecular complexity index is 1180. The summed E-state index contributed by atoms with van der Waals surface area (Å²) in [5.74, 6) is -1.85. The highest BCUT2D eigenvalue weighted by molar-refractivity contribution is 6.39. The number of nitrogens with zero attached hydrogens (tertiary/aromatic N) is 3. The van der Waals surface area contributed by atoms with Crippen LogP contribution in [0.4, 0.5) is 24.7 Å². The number of H-pyrrole nitrogens is 1. The number of amides is 2. The molecule has 0 radical (unpaired) electrons. The number of fused-ring (bicyclic) bond motifs is 1. The molecule has 4 rings (SSSR count). The maximum absolute atomic E-state index is 12.7. The molecule has 0 unspecified atom stereocenters. The van der Waals surface area contributed by atoms with Gasteiger partial charge in [-0.3, -0.25) is 14.6 Å². The molecular weight excluding hydrogens is 419 g/mol. The zero-order valence-electron chi connectivity index (χ0n) is 15.9. The summed E-state index contributed by atoms with van der Waals surface area (Å²) in [6, 6.07) is 6.72. The number of pyridine rings is 1. The van der Waals surface area contributed by atoms with E-state index in [9.17, 15) is 27.6 Å². The number of aromatic amines is 1. The summed E-state index contributed by atoms with van der Waals surface area (Å²) in [6.45, 7) is 1.05. The Labute approximate surface area is 172 Å². The van der Waals surface area contributed by atoms with Crippen molar-refractivity contribution in [1.29, 1.82) is 0 Å². The van der Waals surface area contributed by atoms with E-state index in [0.717, 1.165) is 12.3 Å². The Morgan fingerprint density at radius 3 is 2.48 bits per heavy atom. The predicted octanol–water partition coefficient (Wildman–Crippen LogP) is 1.82. The molecule has 1 aromatic carbocycles. The van der Waals surface area contributed by atoms with Gasteiger partial charge in [-0.25, -0.2) is 9.78 Å². The lowest BCUT2D eigenvalue weighted by Gasteiger charge is -2.35. The number of aromatic nitrogens is 2. The fourth-order valence-electron chi connectivity index (χ4n) is 3.23. The zero-order chi connectivity index (χ0) is 22.2. The van der Waals surface area contributed by atoms with E-state index in [1.54, 1.807) is 4.90 Å². The molecule has 12 heteroatoms.